The molecular formula is C9H14F2O3. The van der Waals surface area contributed by atoms with E-state index in [1.807, 2.05) is 0 Å². The van der Waals surface area contributed by atoms with E-state index in [4.69, 9.17) is 4.74 Å². The maximum Gasteiger partial charge on any atom is 0.308 e. The molecule has 1 fully saturated rings. The number of ether oxygens (including phenoxy) is 2. The van der Waals surface area contributed by atoms with Crippen molar-refractivity contribution in [2.45, 2.75) is 37.7 Å². The highest BCUT2D eigenvalue weighted by atomic mass is 19.3. The Morgan fingerprint density at radius 1 is 1.50 bits per heavy atom. The minimum atomic E-state index is -2.48. The number of rotatable bonds is 5. The van der Waals surface area contributed by atoms with Crippen LogP contribution in [0.25, 0.3) is 0 Å². The number of methoxy groups -OCH3 is 1. The van der Waals surface area contributed by atoms with Crippen LogP contribution < -0.4 is 0 Å². The molecule has 0 unspecified atom stereocenters. The Labute approximate surface area is 81.4 Å². The first kappa shape index (κ1) is 11.4. The first-order valence-electron chi connectivity index (χ1n) is 4.57. The molecule has 0 bridgehead atoms. The van der Waals surface area contributed by atoms with Crippen molar-refractivity contribution in [1.29, 1.82) is 0 Å². The van der Waals surface area contributed by atoms with Crippen LogP contribution in [-0.4, -0.2) is 31.7 Å². The van der Waals surface area contributed by atoms with E-state index in [-0.39, 0.29) is 6.42 Å². The van der Waals surface area contributed by atoms with Crippen LogP contribution in [0.4, 0.5) is 8.78 Å². The second-order valence-corrected chi connectivity index (χ2v) is 3.49. The van der Waals surface area contributed by atoms with Gasteiger partial charge in [-0.15, -0.1) is 0 Å². The summed E-state index contributed by atoms with van der Waals surface area (Å²) in [5.41, 5.74) is -0.677. The van der Waals surface area contributed by atoms with Gasteiger partial charge in [0.15, 0.2) is 0 Å². The summed E-state index contributed by atoms with van der Waals surface area (Å²) in [7, 11) is 1.28. The highest BCUT2D eigenvalue weighted by Crippen LogP contribution is 2.39. The van der Waals surface area contributed by atoms with Crippen LogP contribution in [0, 0.1) is 0 Å². The third kappa shape index (κ3) is 2.90. The molecule has 0 aromatic heterocycles. The Morgan fingerprint density at radius 2 is 2.14 bits per heavy atom. The van der Waals surface area contributed by atoms with Crippen molar-refractivity contribution in [3.8, 4) is 0 Å². The molecule has 0 amide bonds. The van der Waals surface area contributed by atoms with Gasteiger partial charge in [-0.3, -0.25) is 4.79 Å². The zero-order valence-corrected chi connectivity index (χ0v) is 8.09. The van der Waals surface area contributed by atoms with E-state index in [1.54, 1.807) is 0 Å². The predicted octanol–water partition coefficient (Wildman–Crippen LogP) is 1.75. The summed E-state index contributed by atoms with van der Waals surface area (Å²) >= 11 is 0. The third-order valence-electron chi connectivity index (χ3n) is 2.47. The lowest BCUT2D eigenvalue weighted by Gasteiger charge is -2.40. The molecule has 82 valence electrons. The van der Waals surface area contributed by atoms with Gasteiger partial charge in [0.1, 0.15) is 6.61 Å². The molecule has 0 heterocycles. The maximum absolute atomic E-state index is 11.9. The van der Waals surface area contributed by atoms with Crippen molar-refractivity contribution in [1.82, 2.24) is 0 Å². The highest BCUT2D eigenvalue weighted by Gasteiger charge is 2.41. The monoisotopic (exact) mass is 208 g/mol. The molecular weight excluding hydrogens is 194 g/mol. The van der Waals surface area contributed by atoms with Crippen LogP contribution in [-0.2, 0) is 14.3 Å². The summed E-state index contributed by atoms with van der Waals surface area (Å²) in [6, 6.07) is 0. The largest absolute Gasteiger partial charge is 0.469 e. The fraction of sp³-hybridized carbons (Fsp3) is 0.889. The zero-order chi connectivity index (χ0) is 10.6. The average molecular weight is 208 g/mol. The SMILES string of the molecule is COC(=O)CC1(OCC(F)F)CCC1. The summed E-state index contributed by atoms with van der Waals surface area (Å²) in [5, 5.41) is 0. The number of esters is 1. The van der Waals surface area contributed by atoms with E-state index in [0.29, 0.717) is 12.8 Å². The minimum absolute atomic E-state index is 0.0796. The first-order valence-corrected chi connectivity index (χ1v) is 4.57. The summed E-state index contributed by atoms with van der Waals surface area (Å²) in [5.74, 6) is -0.404. The van der Waals surface area contributed by atoms with Gasteiger partial charge in [-0.25, -0.2) is 8.78 Å². The molecule has 0 saturated heterocycles. The van der Waals surface area contributed by atoms with Crippen molar-refractivity contribution in [2.24, 2.45) is 0 Å². The third-order valence-corrected chi connectivity index (χ3v) is 2.47. The first-order chi connectivity index (χ1) is 6.58. The number of halogens is 2. The Hall–Kier alpha value is -0.710. The van der Waals surface area contributed by atoms with Gasteiger partial charge in [-0.05, 0) is 19.3 Å². The van der Waals surface area contributed by atoms with E-state index < -0.39 is 24.6 Å². The van der Waals surface area contributed by atoms with Crippen LogP contribution in [0.15, 0.2) is 0 Å². The van der Waals surface area contributed by atoms with Gasteiger partial charge in [0.2, 0.25) is 0 Å². The predicted molar refractivity (Wildman–Crippen MR) is 45.2 cm³/mol. The lowest BCUT2D eigenvalue weighted by atomic mass is 9.77. The van der Waals surface area contributed by atoms with Crippen LogP contribution in [0.5, 0.6) is 0 Å². The molecule has 5 heteroatoms. The van der Waals surface area contributed by atoms with E-state index in [9.17, 15) is 13.6 Å². The highest BCUT2D eigenvalue weighted by molar-refractivity contribution is 5.70. The number of carbonyl (C=O) groups is 1. The molecule has 0 aromatic rings. The number of hydrogen-bond acceptors (Lipinski definition) is 3. The Kier molecular flexibility index (Phi) is 3.80. The van der Waals surface area contributed by atoms with Gasteiger partial charge in [-0.1, -0.05) is 0 Å². The molecule has 0 aliphatic heterocycles. The maximum atomic E-state index is 11.9. The van der Waals surface area contributed by atoms with Crippen LogP contribution in [0.1, 0.15) is 25.7 Å². The number of carbonyl (C=O) groups excluding carboxylic acids is 1. The normalized spacial score (nSPS) is 19.1. The standard InChI is InChI=1S/C9H14F2O3/c1-13-8(12)5-9(3-2-4-9)14-6-7(10)11/h7H,2-6H2,1H3. The van der Waals surface area contributed by atoms with Crippen LogP contribution >= 0.6 is 0 Å². The fourth-order valence-electron chi connectivity index (χ4n) is 1.52. The zero-order valence-electron chi connectivity index (χ0n) is 8.09. The van der Waals surface area contributed by atoms with Crippen molar-refractivity contribution in [2.75, 3.05) is 13.7 Å². The molecule has 0 atom stereocenters. The number of alkyl halides is 2. The van der Waals surface area contributed by atoms with Crippen molar-refractivity contribution < 1.29 is 23.0 Å². The van der Waals surface area contributed by atoms with Gasteiger partial charge in [-0.2, -0.15) is 0 Å². The van der Waals surface area contributed by atoms with E-state index in [0.717, 1.165) is 6.42 Å². The van der Waals surface area contributed by atoms with Crippen molar-refractivity contribution in [3.63, 3.8) is 0 Å². The van der Waals surface area contributed by atoms with Crippen molar-refractivity contribution >= 4 is 5.97 Å². The number of hydrogen-bond donors (Lipinski definition) is 0. The molecule has 0 N–H and O–H groups in total. The second kappa shape index (κ2) is 4.68. The molecule has 0 spiro atoms. The second-order valence-electron chi connectivity index (χ2n) is 3.49. The molecule has 1 saturated carbocycles. The molecule has 14 heavy (non-hydrogen) atoms. The summed E-state index contributed by atoms with van der Waals surface area (Å²) < 4.78 is 33.3. The lowest BCUT2D eigenvalue weighted by molar-refractivity contribution is -0.164. The molecule has 0 aromatic carbocycles. The average Bonchev–Trinajstić information content (AvgIpc) is 2.08. The van der Waals surface area contributed by atoms with Crippen molar-refractivity contribution in [3.05, 3.63) is 0 Å². The van der Waals surface area contributed by atoms with Gasteiger partial charge in [0.25, 0.3) is 6.43 Å². The smallest absolute Gasteiger partial charge is 0.308 e. The molecule has 1 rings (SSSR count). The van der Waals surface area contributed by atoms with E-state index in [2.05, 4.69) is 4.74 Å². The van der Waals surface area contributed by atoms with Gasteiger partial charge in [0.05, 0.1) is 19.1 Å². The Balaban J connectivity index is 2.37. The minimum Gasteiger partial charge on any atom is -0.469 e. The fourth-order valence-corrected chi connectivity index (χ4v) is 1.52. The van der Waals surface area contributed by atoms with Crippen LogP contribution in [0.2, 0.25) is 0 Å². The van der Waals surface area contributed by atoms with Gasteiger partial charge < -0.3 is 9.47 Å². The molecule has 1 aliphatic carbocycles. The van der Waals surface area contributed by atoms with Gasteiger partial charge >= 0.3 is 5.97 Å². The quantitative estimate of drug-likeness (QED) is 0.646. The summed E-state index contributed by atoms with van der Waals surface area (Å²) in [6.45, 7) is -0.600. The van der Waals surface area contributed by atoms with Crippen LogP contribution in [0.3, 0.4) is 0 Å². The summed E-state index contributed by atoms with van der Waals surface area (Å²) in [6.07, 6.45) is -0.162. The van der Waals surface area contributed by atoms with E-state index >= 15 is 0 Å². The summed E-state index contributed by atoms with van der Waals surface area (Å²) in [4.78, 5) is 11.0. The topological polar surface area (TPSA) is 35.5 Å². The van der Waals surface area contributed by atoms with E-state index in [1.165, 1.54) is 7.11 Å². The molecule has 0 radical (unpaired) electrons. The Morgan fingerprint density at radius 3 is 2.50 bits per heavy atom. The molecule has 3 nitrogen and oxygen atoms in total. The Bertz CT molecular complexity index is 202. The lowest BCUT2D eigenvalue weighted by Crippen LogP contribution is -2.43. The van der Waals surface area contributed by atoms with Gasteiger partial charge in [0, 0.05) is 0 Å². The molecule has 1 aliphatic rings.